The Balaban J connectivity index is 2.01. The largest absolute Gasteiger partial charge is 0.383 e. The highest BCUT2D eigenvalue weighted by Crippen LogP contribution is 2.17. The normalized spacial score (nSPS) is 16.8. The van der Waals surface area contributed by atoms with Gasteiger partial charge in [-0.05, 0) is 19.0 Å². The summed E-state index contributed by atoms with van der Waals surface area (Å²) in [6, 6.07) is 1.14. The molecule has 0 radical (unpaired) electrons. The second-order valence-electron chi connectivity index (χ2n) is 4.97. The molecule has 1 amide bonds. The molecule has 1 aliphatic rings. The van der Waals surface area contributed by atoms with Gasteiger partial charge in [0.25, 0.3) is 5.91 Å². The summed E-state index contributed by atoms with van der Waals surface area (Å²) < 4.78 is 18.3. The molecule has 1 aromatic heterocycles. The zero-order valence-corrected chi connectivity index (χ0v) is 12.8. The van der Waals surface area contributed by atoms with E-state index in [2.05, 4.69) is 9.88 Å². The summed E-state index contributed by atoms with van der Waals surface area (Å²) in [6.45, 7) is 4.44. The van der Waals surface area contributed by atoms with Crippen molar-refractivity contribution in [1.82, 2.24) is 14.8 Å². The third kappa shape index (κ3) is 4.36. The first-order valence-corrected chi connectivity index (χ1v) is 7.31. The van der Waals surface area contributed by atoms with E-state index in [9.17, 15) is 9.18 Å². The zero-order valence-electron chi connectivity index (χ0n) is 12.0. The van der Waals surface area contributed by atoms with Crippen LogP contribution in [0.1, 0.15) is 16.8 Å². The third-order valence-corrected chi connectivity index (χ3v) is 3.82. The number of nitrogens with zero attached hydrogens (tertiary/aromatic N) is 3. The molecule has 0 saturated carbocycles. The van der Waals surface area contributed by atoms with Crippen LogP contribution in [0.25, 0.3) is 0 Å². The van der Waals surface area contributed by atoms with Crippen molar-refractivity contribution in [3.8, 4) is 0 Å². The van der Waals surface area contributed by atoms with Gasteiger partial charge in [-0.3, -0.25) is 9.69 Å². The molecule has 0 aliphatic carbocycles. The van der Waals surface area contributed by atoms with Crippen LogP contribution in [0.3, 0.4) is 0 Å². The predicted molar refractivity (Wildman–Crippen MR) is 78.0 cm³/mol. The number of hydrogen-bond donors (Lipinski definition) is 0. The van der Waals surface area contributed by atoms with Gasteiger partial charge < -0.3 is 9.64 Å². The van der Waals surface area contributed by atoms with Gasteiger partial charge in [-0.1, -0.05) is 11.6 Å². The Morgan fingerprint density at radius 1 is 1.43 bits per heavy atom. The molecule has 116 valence electrons. The lowest BCUT2D eigenvalue weighted by Gasteiger charge is -2.22. The van der Waals surface area contributed by atoms with E-state index >= 15 is 0 Å². The van der Waals surface area contributed by atoms with Crippen LogP contribution >= 0.6 is 11.6 Å². The number of amides is 1. The van der Waals surface area contributed by atoms with Crippen molar-refractivity contribution >= 4 is 17.5 Å². The van der Waals surface area contributed by atoms with Crippen molar-refractivity contribution in [3.05, 3.63) is 28.8 Å². The van der Waals surface area contributed by atoms with Crippen LogP contribution in [-0.2, 0) is 4.74 Å². The molecule has 2 rings (SSSR count). The summed E-state index contributed by atoms with van der Waals surface area (Å²) >= 11 is 5.90. The van der Waals surface area contributed by atoms with Gasteiger partial charge in [0.15, 0.2) is 0 Å². The zero-order chi connectivity index (χ0) is 15.2. The van der Waals surface area contributed by atoms with Crippen LogP contribution < -0.4 is 0 Å². The topological polar surface area (TPSA) is 45.7 Å². The first-order valence-electron chi connectivity index (χ1n) is 6.93. The lowest BCUT2D eigenvalue weighted by molar-refractivity contribution is 0.0758. The Hall–Kier alpha value is -1.24. The van der Waals surface area contributed by atoms with Gasteiger partial charge in [-0.2, -0.15) is 0 Å². The highest BCUT2D eigenvalue weighted by molar-refractivity contribution is 6.32. The standard InChI is InChI=1S/C14H19ClFN3O2/c1-21-8-7-18-3-2-4-19(6-5-18)14(20)12-9-11(16)10-17-13(12)15/h9-10H,2-8H2,1H3. The lowest BCUT2D eigenvalue weighted by atomic mass is 10.2. The van der Waals surface area contributed by atoms with E-state index in [1.807, 2.05) is 0 Å². The lowest BCUT2D eigenvalue weighted by Crippen LogP contribution is -2.36. The molecule has 1 aliphatic heterocycles. The Kier molecular flexibility index (Phi) is 5.90. The summed E-state index contributed by atoms with van der Waals surface area (Å²) in [5, 5.41) is 0.0434. The summed E-state index contributed by atoms with van der Waals surface area (Å²) in [5.41, 5.74) is 0.127. The monoisotopic (exact) mass is 315 g/mol. The molecule has 0 bridgehead atoms. The van der Waals surface area contributed by atoms with E-state index in [4.69, 9.17) is 16.3 Å². The molecule has 1 saturated heterocycles. The molecule has 5 nitrogen and oxygen atoms in total. The maximum absolute atomic E-state index is 13.2. The number of ether oxygens (including phenoxy) is 1. The molecule has 0 unspecified atom stereocenters. The molecule has 0 aromatic carbocycles. The molecule has 0 atom stereocenters. The van der Waals surface area contributed by atoms with Gasteiger partial charge in [0, 0.05) is 33.3 Å². The maximum atomic E-state index is 13.2. The molecular formula is C14H19ClFN3O2. The van der Waals surface area contributed by atoms with Gasteiger partial charge in [0.1, 0.15) is 11.0 Å². The fraction of sp³-hybridized carbons (Fsp3) is 0.571. The van der Waals surface area contributed by atoms with E-state index in [0.717, 1.165) is 38.3 Å². The van der Waals surface area contributed by atoms with Crippen LogP contribution in [0.4, 0.5) is 4.39 Å². The van der Waals surface area contributed by atoms with Crippen LogP contribution in [0.5, 0.6) is 0 Å². The van der Waals surface area contributed by atoms with Gasteiger partial charge in [-0.25, -0.2) is 9.37 Å². The van der Waals surface area contributed by atoms with Crippen molar-refractivity contribution < 1.29 is 13.9 Å². The Morgan fingerprint density at radius 3 is 3.00 bits per heavy atom. The summed E-state index contributed by atoms with van der Waals surface area (Å²) in [6.07, 6.45) is 1.88. The second kappa shape index (κ2) is 7.68. The van der Waals surface area contributed by atoms with E-state index in [-0.39, 0.29) is 16.6 Å². The fourth-order valence-corrected chi connectivity index (χ4v) is 2.55. The van der Waals surface area contributed by atoms with Crippen LogP contribution in [0.15, 0.2) is 12.3 Å². The highest BCUT2D eigenvalue weighted by atomic mass is 35.5. The van der Waals surface area contributed by atoms with Gasteiger partial charge in [0.05, 0.1) is 18.4 Å². The minimum Gasteiger partial charge on any atom is -0.383 e. The number of pyridine rings is 1. The van der Waals surface area contributed by atoms with Crippen molar-refractivity contribution in [1.29, 1.82) is 0 Å². The number of carbonyl (C=O) groups excluding carboxylic acids is 1. The first kappa shape index (κ1) is 16.1. The molecular weight excluding hydrogens is 297 g/mol. The second-order valence-corrected chi connectivity index (χ2v) is 5.33. The molecule has 21 heavy (non-hydrogen) atoms. The summed E-state index contributed by atoms with van der Waals surface area (Å²) in [4.78, 5) is 20.1. The minimum atomic E-state index is -0.556. The van der Waals surface area contributed by atoms with E-state index in [0.29, 0.717) is 19.7 Å². The van der Waals surface area contributed by atoms with Crippen molar-refractivity contribution in [2.75, 3.05) is 46.4 Å². The molecule has 1 fully saturated rings. The predicted octanol–water partition coefficient (Wildman–Crippen LogP) is 1.67. The quantitative estimate of drug-likeness (QED) is 0.793. The van der Waals surface area contributed by atoms with Crippen molar-refractivity contribution in [3.63, 3.8) is 0 Å². The van der Waals surface area contributed by atoms with E-state index in [1.54, 1.807) is 12.0 Å². The summed E-state index contributed by atoms with van der Waals surface area (Å²) in [7, 11) is 1.67. The van der Waals surface area contributed by atoms with Crippen LogP contribution in [0, 0.1) is 5.82 Å². The number of carbonyl (C=O) groups is 1. The Bertz CT molecular complexity index is 501. The van der Waals surface area contributed by atoms with Gasteiger partial charge >= 0.3 is 0 Å². The number of aromatic nitrogens is 1. The average molecular weight is 316 g/mol. The van der Waals surface area contributed by atoms with E-state index in [1.165, 1.54) is 0 Å². The third-order valence-electron chi connectivity index (χ3n) is 3.52. The molecule has 0 spiro atoms. The van der Waals surface area contributed by atoms with Crippen LogP contribution in [-0.4, -0.2) is 67.1 Å². The Labute approximate surface area is 128 Å². The average Bonchev–Trinajstić information content (AvgIpc) is 2.72. The molecule has 1 aromatic rings. The number of hydrogen-bond acceptors (Lipinski definition) is 4. The SMILES string of the molecule is COCCN1CCCN(C(=O)c2cc(F)cnc2Cl)CC1. The van der Waals surface area contributed by atoms with E-state index < -0.39 is 5.82 Å². The highest BCUT2D eigenvalue weighted by Gasteiger charge is 2.22. The maximum Gasteiger partial charge on any atom is 0.257 e. The minimum absolute atomic E-state index is 0.0434. The summed E-state index contributed by atoms with van der Waals surface area (Å²) in [5.74, 6) is -0.820. The van der Waals surface area contributed by atoms with Crippen molar-refractivity contribution in [2.24, 2.45) is 0 Å². The number of rotatable bonds is 4. The van der Waals surface area contributed by atoms with Gasteiger partial charge in [0.2, 0.25) is 0 Å². The van der Waals surface area contributed by atoms with Crippen molar-refractivity contribution in [2.45, 2.75) is 6.42 Å². The first-order chi connectivity index (χ1) is 10.1. The molecule has 7 heteroatoms. The number of halogens is 2. The number of methoxy groups -OCH3 is 1. The smallest absolute Gasteiger partial charge is 0.257 e. The molecule has 0 N–H and O–H groups in total. The Morgan fingerprint density at radius 2 is 2.24 bits per heavy atom. The fourth-order valence-electron chi connectivity index (χ4n) is 2.36. The molecule has 2 heterocycles. The van der Waals surface area contributed by atoms with Crippen LogP contribution in [0.2, 0.25) is 5.15 Å². The van der Waals surface area contributed by atoms with Gasteiger partial charge in [-0.15, -0.1) is 0 Å².